The van der Waals surface area contributed by atoms with Crippen LogP contribution in [0.5, 0.6) is 0 Å². The Morgan fingerprint density at radius 3 is 2.73 bits per heavy atom. The van der Waals surface area contributed by atoms with E-state index >= 15 is 0 Å². The van der Waals surface area contributed by atoms with Gasteiger partial charge in [0.1, 0.15) is 11.5 Å². The molecular weight excluding hydrogens is 186 g/mol. The first-order valence-electron chi connectivity index (χ1n) is 6.04. The van der Waals surface area contributed by atoms with E-state index in [1.807, 2.05) is 13.0 Å². The zero-order valence-corrected chi connectivity index (χ0v) is 9.75. The fourth-order valence-electron chi connectivity index (χ4n) is 2.47. The summed E-state index contributed by atoms with van der Waals surface area (Å²) >= 11 is 0. The number of hydrogen-bond donors (Lipinski definition) is 1. The van der Waals surface area contributed by atoms with Gasteiger partial charge in [0.05, 0.1) is 6.54 Å². The van der Waals surface area contributed by atoms with E-state index in [9.17, 15) is 0 Å². The molecule has 1 atom stereocenters. The predicted octanol–water partition coefficient (Wildman–Crippen LogP) is 3.26. The summed E-state index contributed by atoms with van der Waals surface area (Å²) in [4.78, 5) is 0. The Morgan fingerprint density at radius 1 is 1.40 bits per heavy atom. The van der Waals surface area contributed by atoms with Crippen molar-refractivity contribution < 1.29 is 4.42 Å². The van der Waals surface area contributed by atoms with Crippen LogP contribution in [0.2, 0.25) is 0 Å². The predicted molar refractivity (Wildman–Crippen MR) is 61.7 cm³/mol. The van der Waals surface area contributed by atoms with Gasteiger partial charge in [0.15, 0.2) is 0 Å². The smallest absolute Gasteiger partial charge is 0.117 e. The van der Waals surface area contributed by atoms with Crippen LogP contribution in [0.25, 0.3) is 0 Å². The van der Waals surface area contributed by atoms with Crippen molar-refractivity contribution in [1.29, 1.82) is 0 Å². The van der Waals surface area contributed by atoms with Crippen molar-refractivity contribution in [2.24, 2.45) is 5.92 Å². The van der Waals surface area contributed by atoms with E-state index in [0.717, 1.165) is 24.0 Å². The minimum absolute atomic E-state index is 0.623. The lowest BCUT2D eigenvalue weighted by Gasteiger charge is -2.19. The molecular formula is C13H21NO. The van der Waals surface area contributed by atoms with Crippen LogP contribution in [0.15, 0.2) is 16.5 Å². The van der Waals surface area contributed by atoms with Gasteiger partial charge in [-0.2, -0.15) is 0 Å². The van der Waals surface area contributed by atoms with Crippen molar-refractivity contribution in [3.8, 4) is 0 Å². The summed E-state index contributed by atoms with van der Waals surface area (Å²) in [6.07, 6.45) is 5.61. The van der Waals surface area contributed by atoms with E-state index < -0.39 is 0 Å². The zero-order valence-electron chi connectivity index (χ0n) is 9.75. The molecule has 2 nitrogen and oxygen atoms in total. The topological polar surface area (TPSA) is 25.2 Å². The Kier molecular flexibility index (Phi) is 3.47. The van der Waals surface area contributed by atoms with E-state index in [0.29, 0.717) is 6.04 Å². The Labute approximate surface area is 92.1 Å². The lowest BCUT2D eigenvalue weighted by Crippen LogP contribution is -2.31. The molecule has 2 rings (SSSR count). The Hall–Kier alpha value is -0.760. The SMILES string of the molecule is Cc1ccc(CN[C@H](C)C2CCCC2)o1. The molecule has 0 aromatic carbocycles. The molecule has 0 amide bonds. The summed E-state index contributed by atoms with van der Waals surface area (Å²) in [7, 11) is 0. The van der Waals surface area contributed by atoms with E-state index in [-0.39, 0.29) is 0 Å². The van der Waals surface area contributed by atoms with Crippen molar-refractivity contribution in [3.05, 3.63) is 23.7 Å². The highest BCUT2D eigenvalue weighted by atomic mass is 16.3. The van der Waals surface area contributed by atoms with Gasteiger partial charge in [0, 0.05) is 6.04 Å². The average Bonchev–Trinajstić information content (AvgIpc) is 2.84. The van der Waals surface area contributed by atoms with Crippen molar-refractivity contribution >= 4 is 0 Å². The maximum absolute atomic E-state index is 5.53. The van der Waals surface area contributed by atoms with Crippen molar-refractivity contribution in [2.45, 2.75) is 52.1 Å². The third-order valence-corrected chi connectivity index (χ3v) is 3.50. The van der Waals surface area contributed by atoms with Crippen LogP contribution in [-0.4, -0.2) is 6.04 Å². The lowest BCUT2D eigenvalue weighted by atomic mass is 10.00. The van der Waals surface area contributed by atoms with Crippen molar-refractivity contribution in [2.75, 3.05) is 0 Å². The lowest BCUT2D eigenvalue weighted by molar-refractivity contribution is 0.360. The molecule has 1 aliphatic rings. The summed E-state index contributed by atoms with van der Waals surface area (Å²) in [6, 6.07) is 4.71. The van der Waals surface area contributed by atoms with Gasteiger partial charge in [-0.05, 0) is 44.7 Å². The van der Waals surface area contributed by atoms with Crippen LogP contribution >= 0.6 is 0 Å². The maximum Gasteiger partial charge on any atom is 0.117 e. The highest BCUT2D eigenvalue weighted by molar-refractivity contribution is 5.05. The number of furan rings is 1. The van der Waals surface area contributed by atoms with Crippen LogP contribution in [0.4, 0.5) is 0 Å². The van der Waals surface area contributed by atoms with E-state index in [2.05, 4.69) is 18.3 Å². The molecule has 1 saturated carbocycles. The number of aryl methyl sites for hydroxylation is 1. The fraction of sp³-hybridized carbons (Fsp3) is 0.692. The minimum atomic E-state index is 0.623. The van der Waals surface area contributed by atoms with Crippen LogP contribution < -0.4 is 5.32 Å². The second-order valence-electron chi connectivity index (χ2n) is 4.73. The van der Waals surface area contributed by atoms with Crippen molar-refractivity contribution in [3.63, 3.8) is 0 Å². The highest BCUT2D eigenvalue weighted by Crippen LogP contribution is 2.27. The molecule has 1 N–H and O–H groups in total. The summed E-state index contributed by atoms with van der Waals surface area (Å²) in [5.41, 5.74) is 0. The summed E-state index contributed by atoms with van der Waals surface area (Å²) in [5.74, 6) is 2.93. The fourth-order valence-corrected chi connectivity index (χ4v) is 2.47. The van der Waals surface area contributed by atoms with E-state index in [4.69, 9.17) is 4.42 Å². The molecule has 0 radical (unpaired) electrons. The molecule has 84 valence electrons. The van der Waals surface area contributed by atoms with Crippen molar-refractivity contribution in [1.82, 2.24) is 5.32 Å². The molecule has 1 aliphatic carbocycles. The first-order valence-corrected chi connectivity index (χ1v) is 6.04. The van der Waals surface area contributed by atoms with Crippen LogP contribution in [0, 0.1) is 12.8 Å². The van der Waals surface area contributed by atoms with Crippen LogP contribution in [0.3, 0.4) is 0 Å². The van der Waals surface area contributed by atoms with Gasteiger partial charge in [-0.3, -0.25) is 0 Å². The van der Waals surface area contributed by atoms with Gasteiger partial charge in [-0.25, -0.2) is 0 Å². The molecule has 15 heavy (non-hydrogen) atoms. The second-order valence-corrected chi connectivity index (χ2v) is 4.73. The molecule has 1 fully saturated rings. The molecule has 0 aliphatic heterocycles. The Bertz CT molecular complexity index is 299. The normalized spacial score (nSPS) is 19.6. The van der Waals surface area contributed by atoms with Gasteiger partial charge < -0.3 is 9.73 Å². The van der Waals surface area contributed by atoms with Crippen LogP contribution in [-0.2, 0) is 6.54 Å². The van der Waals surface area contributed by atoms with Gasteiger partial charge in [0.25, 0.3) is 0 Å². The third-order valence-electron chi connectivity index (χ3n) is 3.50. The molecule has 0 unspecified atom stereocenters. The van der Waals surface area contributed by atoms with Gasteiger partial charge in [-0.15, -0.1) is 0 Å². The number of nitrogens with one attached hydrogen (secondary N) is 1. The third kappa shape index (κ3) is 2.85. The Balaban J connectivity index is 1.77. The second kappa shape index (κ2) is 4.84. The van der Waals surface area contributed by atoms with Gasteiger partial charge in [0.2, 0.25) is 0 Å². The molecule has 2 heteroatoms. The molecule has 1 heterocycles. The molecule has 0 bridgehead atoms. The minimum Gasteiger partial charge on any atom is -0.465 e. The molecule has 1 aromatic rings. The molecule has 0 saturated heterocycles. The van der Waals surface area contributed by atoms with Crippen LogP contribution in [0.1, 0.15) is 44.1 Å². The van der Waals surface area contributed by atoms with Gasteiger partial charge >= 0.3 is 0 Å². The standard InChI is InChI=1S/C13H21NO/c1-10-7-8-13(15-10)9-14-11(2)12-5-3-4-6-12/h7-8,11-12,14H,3-6,9H2,1-2H3/t11-/m1/s1. The Morgan fingerprint density at radius 2 is 2.13 bits per heavy atom. The summed E-state index contributed by atoms with van der Waals surface area (Å²) < 4.78 is 5.53. The van der Waals surface area contributed by atoms with E-state index in [1.165, 1.54) is 25.7 Å². The number of rotatable bonds is 4. The number of hydrogen-bond acceptors (Lipinski definition) is 2. The summed E-state index contributed by atoms with van der Waals surface area (Å²) in [6.45, 7) is 5.15. The quantitative estimate of drug-likeness (QED) is 0.819. The average molecular weight is 207 g/mol. The van der Waals surface area contributed by atoms with E-state index in [1.54, 1.807) is 0 Å². The zero-order chi connectivity index (χ0) is 10.7. The monoisotopic (exact) mass is 207 g/mol. The first-order chi connectivity index (χ1) is 7.25. The maximum atomic E-state index is 5.53. The summed E-state index contributed by atoms with van der Waals surface area (Å²) in [5, 5.41) is 3.56. The highest BCUT2D eigenvalue weighted by Gasteiger charge is 2.20. The van der Waals surface area contributed by atoms with Gasteiger partial charge in [-0.1, -0.05) is 12.8 Å². The first kappa shape index (κ1) is 10.7. The largest absolute Gasteiger partial charge is 0.465 e. The molecule has 1 aromatic heterocycles. The molecule has 0 spiro atoms.